The van der Waals surface area contributed by atoms with Gasteiger partial charge in [-0.15, -0.1) is 0 Å². The molecule has 1 atom stereocenters. The number of hydrogen-bond donors (Lipinski definition) is 0. The van der Waals surface area contributed by atoms with Crippen LogP contribution < -0.4 is 0 Å². The van der Waals surface area contributed by atoms with Crippen LogP contribution in [-0.4, -0.2) is 75.5 Å². The molecule has 0 aromatic rings. The largest absolute Gasteiger partial charge is 0.383 e. The normalized spacial score (nSPS) is 25.9. The Labute approximate surface area is 110 Å². The maximum atomic E-state index is 5.32. The summed E-state index contributed by atoms with van der Waals surface area (Å²) in [6.45, 7) is 7.51. The zero-order valence-corrected chi connectivity index (χ0v) is 11.4. The first kappa shape index (κ1) is 13.8. The Morgan fingerprint density at radius 3 is 2.72 bits per heavy atom. The number of ether oxygens (including phenoxy) is 2. The van der Waals surface area contributed by atoms with Gasteiger partial charge in [0.1, 0.15) is 0 Å². The Hall–Kier alpha value is -0.600. The van der Waals surface area contributed by atoms with Gasteiger partial charge in [0.25, 0.3) is 0 Å². The molecule has 0 aromatic carbocycles. The molecule has 0 aliphatic carbocycles. The van der Waals surface area contributed by atoms with Gasteiger partial charge in [-0.05, 0) is 19.4 Å². The summed E-state index contributed by atoms with van der Waals surface area (Å²) in [5, 5.41) is 0. The van der Waals surface area contributed by atoms with Crippen molar-refractivity contribution in [3.8, 4) is 11.8 Å². The third kappa shape index (κ3) is 4.25. The van der Waals surface area contributed by atoms with Gasteiger partial charge in [-0.3, -0.25) is 9.80 Å². The molecule has 2 heterocycles. The van der Waals surface area contributed by atoms with E-state index in [1.54, 1.807) is 7.11 Å². The van der Waals surface area contributed by atoms with Crippen molar-refractivity contribution >= 4 is 0 Å². The summed E-state index contributed by atoms with van der Waals surface area (Å²) in [6.07, 6.45) is 2.53. The highest BCUT2D eigenvalue weighted by molar-refractivity contribution is 5.04. The molecule has 0 unspecified atom stereocenters. The monoisotopic (exact) mass is 252 g/mol. The van der Waals surface area contributed by atoms with Crippen molar-refractivity contribution < 1.29 is 9.47 Å². The SMILES string of the molecule is COC[C@@H]1CCCN1CC#CCN1CCOCC1. The van der Waals surface area contributed by atoms with Gasteiger partial charge in [-0.25, -0.2) is 0 Å². The van der Waals surface area contributed by atoms with Crippen LogP contribution in [0.3, 0.4) is 0 Å². The van der Waals surface area contributed by atoms with Crippen LogP contribution in [0, 0.1) is 11.8 Å². The zero-order chi connectivity index (χ0) is 12.6. The highest BCUT2D eigenvalue weighted by Gasteiger charge is 2.22. The minimum Gasteiger partial charge on any atom is -0.383 e. The van der Waals surface area contributed by atoms with E-state index in [0.29, 0.717) is 6.04 Å². The third-order valence-corrected chi connectivity index (χ3v) is 3.67. The van der Waals surface area contributed by atoms with Gasteiger partial charge in [0.2, 0.25) is 0 Å². The van der Waals surface area contributed by atoms with E-state index in [-0.39, 0.29) is 0 Å². The highest BCUT2D eigenvalue weighted by Crippen LogP contribution is 2.16. The number of methoxy groups -OCH3 is 1. The third-order valence-electron chi connectivity index (χ3n) is 3.67. The van der Waals surface area contributed by atoms with Gasteiger partial charge >= 0.3 is 0 Å². The predicted molar refractivity (Wildman–Crippen MR) is 71.5 cm³/mol. The van der Waals surface area contributed by atoms with Crippen LogP contribution in [0.2, 0.25) is 0 Å². The molecule has 2 rings (SSSR count). The minimum atomic E-state index is 0.577. The van der Waals surface area contributed by atoms with Crippen molar-refractivity contribution in [1.82, 2.24) is 9.80 Å². The number of hydrogen-bond acceptors (Lipinski definition) is 4. The second-order valence-corrected chi connectivity index (χ2v) is 4.96. The van der Waals surface area contributed by atoms with E-state index >= 15 is 0 Å². The van der Waals surface area contributed by atoms with Crippen LogP contribution in [0.15, 0.2) is 0 Å². The number of nitrogens with zero attached hydrogens (tertiary/aromatic N) is 2. The average Bonchev–Trinajstić information content (AvgIpc) is 2.84. The van der Waals surface area contributed by atoms with Crippen LogP contribution in [0.4, 0.5) is 0 Å². The van der Waals surface area contributed by atoms with Crippen LogP contribution >= 0.6 is 0 Å². The molecule has 18 heavy (non-hydrogen) atoms. The maximum absolute atomic E-state index is 5.32. The summed E-state index contributed by atoms with van der Waals surface area (Å²) >= 11 is 0. The fourth-order valence-electron chi connectivity index (χ4n) is 2.57. The molecule has 2 aliphatic rings. The van der Waals surface area contributed by atoms with Crippen LogP contribution in [0.1, 0.15) is 12.8 Å². The summed E-state index contributed by atoms with van der Waals surface area (Å²) in [7, 11) is 1.78. The van der Waals surface area contributed by atoms with Gasteiger partial charge in [0.05, 0.1) is 32.9 Å². The second-order valence-electron chi connectivity index (χ2n) is 4.96. The van der Waals surface area contributed by atoms with Crippen molar-refractivity contribution in [3.63, 3.8) is 0 Å². The molecule has 0 spiro atoms. The molecular formula is C14H24N2O2. The van der Waals surface area contributed by atoms with Gasteiger partial charge in [0, 0.05) is 26.2 Å². The van der Waals surface area contributed by atoms with E-state index in [2.05, 4.69) is 21.6 Å². The molecule has 102 valence electrons. The van der Waals surface area contributed by atoms with Gasteiger partial charge in [-0.1, -0.05) is 11.8 Å². The number of morpholine rings is 1. The van der Waals surface area contributed by atoms with Gasteiger partial charge in [-0.2, -0.15) is 0 Å². The Kier molecular flexibility index (Phi) is 5.95. The van der Waals surface area contributed by atoms with Gasteiger partial charge < -0.3 is 9.47 Å². The van der Waals surface area contributed by atoms with E-state index in [9.17, 15) is 0 Å². The van der Waals surface area contributed by atoms with Crippen molar-refractivity contribution in [2.45, 2.75) is 18.9 Å². The number of rotatable bonds is 4. The summed E-state index contributed by atoms with van der Waals surface area (Å²) in [4.78, 5) is 4.79. The highest BCUT2D eigenvalue weighted by atomic mass is 16.5. The molecule has 0 saturated carbocycles. The molecule has 2 saturated heterocycles. The molecule has 0 bridgehead atoms. The van der Waals surface area contributed by atoms with Gasteiger partial charge in [0.15, 0.2) is 0 Å². The predicted octanol–water partition coefficient (Wildman–Crippen LogP) is 0.433. The zero-order valence-electron chi connectivity index (χ0n) is 11.4. The maximum Gasteiger partial charge on any atom is 0.0618 e. The first-order valence-electron chi connectivity index (χ1n) is 6.89. The van der Waals surface area contributed by atoms with E-state index in [1.807, 2.05) is 0 Å². The lowest BCUT2D eigenvalue weighted by molar-refractivity contribution is 0.0443. The van der Waals surface area contributed by atoms with Crippen LogP contribution in [0.5, 0.6) is 0 Å². The Morgan fingerprint density at radius 1 is 1.17 bits per heavy atom. The average molecular weight is 252 g/mol. The van der Waals surface area contributed by atoms with E-state index in [0.717, 1.165) is 46.0 Å². The molecule has 4 nitrogen and oxygen atoms in total. The van der Waals surface area contributed by atoms with E-state index < -0.39 is 0 Å². The van der Waals surface area contributed by atoms with Crippen molar-refractivity contribution in [3.05, 3.63) is 0 Å². The second kappa shape index (κ2) is 7.75. The molecule has 0 aromatic heterocycles. The summed E-state index contributed by atoms with van der Waals surface area (Å²) < 4.78 is 10.6. The Morgan fingerprint density at radius 2 is 1.94 bits per heavy atom. The standard InChI is InChI=1S/C14H24N2O2/c1-17-13-14-5-4-8-16(14)7-3-2-6-15-9-11-18-12-10-15/h14H,4-13H2,1H3/t14-/m0/s1. The van der Waals surface area contributed by atoms with Crippen molar-refractivity contribution in [2.75, 3.05) is 59.7 Å². The first-order valence-corrected chi connectivity index (χ1v) is 6.89. The lowest BCUT2D eigenvalue weighted by Gasteiger charge is -2.24. The topological polar surface area (TPSA) is 24.9 Å². The van der Waals surface area contributed by atoms with E-state index in [4.69, 9.17) is 9.47 Å². The number of likely N-dealkylation sites (tertiary alicyclic amines) is 1. The molecule has 0 amide bonds. The molecule has 0 N–H and O–H groups in total. The fraction of sp³-hybridized carbons (Fsp3) is 0.857. The fourth-order valence-corrected chi connectivity index (χ4v) is 2.57. The van der Waals surface area contributed by atoms with Crippen molar-refractivity contribution in [2.24, 2.45) is 0 Å². The quantitative estimate of drug-likeness (QED) is 0.678. The first-order chi connectivity index (χ1) is 8.90. The lowest BCUT2D eigenvalue weighted by atomic mass is 10.2. The summed E-state index contributed by atoms with van der Waals surface area (Å²) in [6, 6.07) is 0.577. The molecule has 0 radical (unpaired) electrons. The molecule has 2 fully saturated rings. The summed E-state index contributed by atoms with van der Waals surface area (Å²) in [5.41, 5.74) is 0. The minimum absolute atomic E-state index is 0.577. The Balaban J connectivity index is 1.67. The Bertz CT molecular complexity index is 292. The van der Waals surface area contributed by atoms with Crippen LogP contribution in [-0.2, 0) is 9.47 Å². The van der Waals surface area contributed by atoms with Crippen LogP contribution in [0.25, 0.3) is 0 Å². The lowest BCUT2D eigenvalue weighted by Crippen LogP contribution is -2.36. The summed E-state index contributed by atoms with van der Waals surface area (Å²) in [5.74, 6) is 6.58. The molecular weight excluding hydrogens is 228 g/mol. The van der Waals surface area contributed by atoms with Crippen molar-refractivity contribution in [1.29, 1.82) is 0 Å². The smallest absolute Gasteiger partial charge is 0.0618 e. The molecule has 2 aliphatic heterocycles. The van der Waals surface area contributed by atoms with E-state index in [1.165, 1.54) is 19.4 Å². The molecule has 4 heteroatoms.